The monoisotopic (exact) mass is 222 g/mol. The van der Waals surface area contributed by atoms with Crippen molar-refractivity contribution in [3.05, 3.63) is 42.2 Å². The zero-order valence-corrected chi connectivity index (χ0v) is 9.32. The number of aryl methyl sites for hydroxylation is 1. The number of nitrogens with one attached hydrogen (secondary N) is 1. The number of H-pyrrole nitrogens is 1. The SMILES string of the molecule is Cc1nc2cc3oc4ccccc4c3cc2[nH]1. The number of furan rings is 1. The average Bonchev–Trinajstić information content (AvgIpc) is 2.84. The molecule has 0 spiro atoms. The second-order valence-electron chi connectivity index (χ2n) is 4.29. The van der Waals surface area contributed by atoms with E-state index in [1.807, 2.05) is 31.2 Å². The van der Waals surface area contributed by atoms with E-state index in [2.05, 4.69) is 22.1 Å². The van der Waals surface area contributed by atoms with E-state index < -0.39 is 0 Å². The van der Waals surface area contributed by atoms with Crippen LogP contribution in [0.25, 0.3) is 33.0 Å². The number of imidazole rings is 1. The molecule has 82 valence electrons. The van der Waals surface area contributed by atoms with E-state index in [0.717, 1.165) is 38.8 Å². The van der Waals surface area contributed by atoms with E-state index >= 15 is 0 Å². The lowest BCUT2D eigenvalue weighted by Gasteiger charge is -1.89. The Hall–Kier alpha value is -2.29. The van der Waals surface area contributed by atoms with Gasteiger partial charge < -0.3 is 9.40 Å². The maximum absolute atomic E-state index is 5.82. The van der Waals surface area contributed by atoms with E-state index in [4.69, 9.17) is 4.42 Å². The minimum atomic E-state index is 0.894. The summed E-state index contributed by atoms with van der Waals surface area (Å²) in [6.45, 7) is 1.96. The molecule has 3 heteroatoms. The van der Waals surface area contributed by atoms with Gasteiger partial charge in [-0.3, -0.25) is 0 Å². The molecule has 0 unspecified atom stereocenters. The fraction of sp³-hybridized carbons (Fsp3) is 0.0714. The summed E-state index contributed by atoms with van der Waals surface area (Å²) in [5.74, 6) is 0.928. The Labute approximate surface area is 97.1 Å². The van der Waals surface area contributed by atoms with E-state index in [9.17, 15) is 0 Å². The summed E-state index contributed by atoms with van der Waals surface area (Å²) in [7, 11) is 0. The minimum absolute atomic E-state index is 0.894. The summed E-state index contributed by atoms with van der Waals surface area (Å²) in [6.07, 6.45) is 0. The Morgan fingerprint density at radius 3 is 2.88 bits per heavy atom. The Bertz CT molecular complexity index is 854. The molecule has 3 nitrogen and oxygen atoms in total. The quantitative estimate of drug-likeness (QED) is 0.492. The molecule has 0 amide bonds. The van der Waals surface area contributed by atoms with Gasteiger partial charge in [0.1, 0.15) is 17.0 Å². The first-order chi connectivity index (χ1) is 8.31. The third kappa shape index (κ3) is 1.13. The fourth-order valence-corrected chi connectivity index (χ4v) is 2.36. The number of hydrogen-bond donors (Lipinski definition) is 1. The molecule has 4 aromatic rings. The molecule has 0 aliphatic heterocycles. The van der Waals surface area contributed by atoms with Gasteiger partial charge >= 0.3 is 0 Å². The molecule has 0 saturated heterocycles. The molecule has 2 aromatic heterocycles. The highest BCUT2D eigenvalue weighted by Crippen LogP contribution is 2.31. The molecule has 17 heavy (non-hydrogen) atoms. The first-order valence-corrected chi connectivity index (χ1v) is 5.59. The van der Waals surface area contributed by atoms with E-state index in [1.165, 1.54) is 0 Å². The standard InChI is InChI=1S/C14H10N2O/c1-8-15-11-6-10-9-4-2-3-5-13(9)17-14(10)7-12(11)16-8/h2-7H,1H3,(H,15,16). The van der Waals surface area contributed by atoms with Gasteiger partial charge in [0.05, 0.1) is 11.0 Å². The highest BCUT2D eigenvalue weighted by atomic mass is 16.3. The second kappa shape index (κ2) is 2.88. The van der Waals surface area contributed by atoms with Gasteiger partial charge in [-0.25, -0.2) is 4.98 Å². The molecule has 0 fully saturated rings. The van der Waals surface area contributed by atoms with Crippen LogP contribution >= 0.6 is 0 Å². The van der Waals surface area contributed by atoms with Gasteiger partial charge in [-0.15, -0.1) is 0 Å². The van der Waals surface area contributed by atoms with Gasteiger partial charge in [0.15, 0.2) is 0 Å². The van der Waals surface area contributed by atoms with Crippen molar-refractivity contribution in [2.45, 2.75) is 6.92 Å². The summed E-state index contributed by atoms with van der Waals surface area (Å²) in [6, 6.07) is 12.2. The van der Waals surface area contributed by atoms with Crippen LogP contribution in [0.1, 0.15) is 5.82 Å². The molecular weight excluding hydrogens is 212 g/mol. The summed E-state index contributed by atoms with van der Waals surface area (Å²) in [5.41, 5.74) is 3.83. The summed E-state index contributed by atoms with van der Waals surface area (Å²) >= 11 is 0. The smallest absolute Gasteiger partial charge is 0.137 e. The fourth-order valence-electron chi connectivity index (χ4n) is 2.36. The topological polar surface area (TPSA) is 41.8 Å². The number of aromatic amines is 1. The lowest BCUT2D eigenvalue weighted by atomic mass is 10.1. The molecular formula is C14H10N2O. The molecule has 0 radical (unpaired) electrons. The number of nitrogens with zero attached hydrogens (tertiary/aromatic N) is 1. The van der Waals surface area contributed by atoms with Crippen LogP contribution in [0, 0.1) is 6.92 Å². The highest BCUT2D eigenvalue weighted by molar-refractivity contribution is 6.08. The Balaban J connectivity index is 2.26. The molecule has 2 heterocycles. The van der Waals surface area contributed by atoms with Crippen LogP contribution in [0.2, 0.25) is 0 Å². The zero-order valence-electron chi connectivity index (χ0n) is 9.32. The van der Waals surface area contributed by atoms with Crippen LogP contribution in [0.4, 0.5) is 0 Å². The first kappa shape index (κ1) is 8.82. The van der Waals surface area contributed by atoms with Crippen LogP contribution in [0.5, 0.6) is 0 Å². The third-order valence-corrected chi connectivity index (χ3v) is 3.10. The van der Waals surface area contributed by atoms with Gasteiger partial charge in [-0.05, 0) is 19.1 Å². The number of benzene rings is 2. The minimum Gasteiger partial charge on any atom is -0.456 e. The predicted octanol–water partition coefficient (Wildman–Crippen LogP) is 3.77. The Kier molecular flexibility index (Phi) is 1.50. The predicted molar refractivity (Wildman–Crippen MR) is 68.1 cm³/mol. The van der Waals surface area contributed by atoms with Crippen molar-refractivity contribution < 1.29 is 4.42 Å². The molecule has 0 aliphatic carbocycles. The second-order valence-corrected chi connectivity index (χ2v) is 4.29. The van der Waals surface area contributed by atoms with E-state index in [0.29, 0.717) is 0 Å². The van der Waals surface area contributed by atoms with Gasteiger partial charge in [-0.2, -0.15) is 0 Å². The van der Waals surface area contributed by atoms with E-state index in [1.54, 1.807) is 0 Å². The Morgan fingerprint density at radius 1 is 1.06 bits per heavy atom. The molecule has 4 rings (SSSR count). The van der Waals surface area contributed by atoms with Crippen molar-refractivity contribution in [2.75, 3.05) is 0 Å². The number of para-hydroxylation sites is 1. The molecule has 0 bridgehead atoms. The maximum atomic E-state index is 5.82. The van der Waals surface area contributed by atoms with Crippen molar-refractivity contribution in [1.82, 2.24) is 9.97 Å². The van der Waals surface area contributed by atoms with Crippen LogP contribution in [-0.4, -0.2) is 9.97 Å². The van der Waals surface area contributed by atoms with Crippen molar-refractivity contribution in [3.8, 4) is 0 Å². The highest BCUT2D eigenvalue weighted by Gasteiger charge is 2.09. The number of rotatable bonds is 0. The summed E-state index contributed by atoms with van der Waals surface area (Å²) in [5, 5.41) is 2.29. The largest absolute Gasteiger partial charge is 0.456 e. The van der Waals surface area contributed by atoms with Crippen LogP contribution in [0.3, 0.4) is 0 Å². The Morgan fingerprint density at radius 2 is 1.94 bits per heavy atom. The van der Waals surface area contributed by atoms with Crippen molar-refractivity contribution in [3.63, 3.8) is 0 Å². The zero-order chi connectivity index (χ0) is 11.4. The molecule has 1 N–H and O–H groups in total. The van der Waals surface area contributed by atoms with Gasteiger partial charge in [0.2, 0.25) is 0 Å². The number of hydrogen-bond acceptors (Lipinski definition) is 2. The lowest BCUT2D eigenvalue weighted by Crippen LogP contribution is -1.70. The van der Waals surface area contributed by atoms with Gasteiger partial charge in [0.25, 0.3) is 0 Å². The molecule has 0 saturated carbocycles. The summed E-state index contributed by atoms with van der Waals surface area (Å²) < 4.78 is 5.82. The third-order valence-electron chi connectivity index (χ3n) is 3.10. The normalized spacial score (nSPS) is 11.8. The molecule has 2 aromatic carbocycles. The first-order valence-electron chi connectivity index (χ1n) is 5.59. The number of fused-ring (bicyclic) bond motifs is 4. The van der Waals surface area contributed by atoms with Gasteiger partial charge in [0, 0.05) is 16.8 Å². The van der Waals surface area contributed by atoms with Crippen molar-refractivity contribution >= 4 is 33.0 Å². The van der Waals surface area contributed by atoms with E-state index in [-0.39, 0.29) is 0 Å². The molecule has 0 aliphatic rings. The van der Waals surface area contributed by atoms with Crippen molar-refractivity contribution in [1.29, 1.82) is 0 Å². The maximum Gasteiger partial charge on any atom is 0.137 e. The van der Waals surface area contributed by atoms with Crippen LogP contribution in [-0.2, 0) is 0 Å². The number of aromatic nitrogens is 2. The average molecular weight is 222 g/mol. The van der Waals surface area contributed by atoms with Gasteiger partial charge in [-0.1, -0.05) is 18.2 Å². The molecule has 0 atom stereocenters. The van der Waals surface area contributed by atoms with Crippen LogP contribution in [0.15, 0.2) is 40.8 Å². The lowest BCUT2D eigenvalue weighted by molar-refractivity contribution is 0.669. The summed E-state index contributed by atoms with van der Waals surface area (Å²) in [4.78, 5) is 7.67. The van der Waals surface area contributed by atoms with Crippen LogP contribution < -0.4 is 0 Å². The van der Waals surface area contributed by atoms with Crippen molar-refractivity contribution in [2.24, 2.45) is 0 Å².